The summed E-state index contributed by atoms with van der Waals surface area (Å²) >= 11 is 0. The molecule has 238 valence electrons. The van der Waals surface area contributed by atoms with E-state index in [4.69, 9.17) is 38.9 Å². The third-order valence-corrected chi connectivity index (χ3v) is 6.53. The lowest BCUT2D eigenvalue weighted by molar-refractivity contribution is -0.152. The molecular formula is C30H47NO11. The summed E-state index contributed by atoms with van der Waals surface area (Å²) in [6.07, 6.45) is -3.59. The van der Waals surface area contributed by atoms with Gasteiger partial charge in [0, 0.05) is 0 Å². The Morgan fingerprint density at radius 1 is 0.714 bits per heavy atom. The lowest BCUT2D eigenvalue weighted by atomic mass is 10.1. The molecule has 12 nitrogen and oxygen atoms in total. The second-order valence-electron chi connectivity index (χ2n) is 11.1. The van der Waals surface area contributed by atoms with Gasteiger partial charge in [0.2, 0.25) is 0 Å². The summed E-state index contributed by atoms with van der Waals surface area (Å²) in [5.41, 5.74) is 6.54. The molecule has 0 fully saturated rings. The van der Waals surface area contributed by atoms with E-state index in [0.717, 1.165) is 6.42 Å². The van der Waals surface area contributed by atoms with Crippen LogP contribution in [-0.2, 0) is 34.9 Å². The van der Waals surface area contributed by atoms with Crippen molar-refractivity contribution in [1.29, 1.82) is 0 Å². The van der Waals surface area contributed by atoms with Crippen molar-refractivity contribution in [3.8, 4) is 11.5 Å². The fraction of sp³-hybridized carbons (Fsp3) is 0.667. The Bertz CT molecular complexity index is 1030. The minimum absolute atomic E-state index is 0.00767. The van der Waals surface area contributed by atoms with Gasteiger partial charge in [0.05, 0.1) is 6.61 Å². The molecule has 0 aliphatic rings. The Balaban J connectivity index is 2.89. The zero-order chi connectivity index (χ0) is 32.0. The van der Waals surface area contributed by atoms with E-state index < -0.39 is 48.8 Å². The number of esters is 1. The normalized spacial score (nSPS) is 14.7. The summed E-state index contributed by atoms with van der Waals surface area (Å²) in [5.74, 6) is -0.648. The summed E-state index contributed by atoms with van der Waals surface area (Å²) in [6.45, 7) is 16.5. The average Bonchev–Trinajstić information content (AvgIpc) is 2.91. The zero-order valence-electron chi connectivity index (χ0n) is 26.2. The predicted octanol–water partition coefficient (Wildman–Crippen LogP) is 5.81. The molecule has 0 bridgehead atoms. The number of nitrogens with two attached hydrogens (primary N) is 1. The van der Waals surface area contributed by atoms with Crippen LogP contribution < -0.4 is 15.2 Å². The Kier molecular flexibility index (Phi) is 15.7. The van der Waals surface area contributed by atoms with Gasteiger partial charge in [-0.3, -0.25) is 4.79 Å². The maximum absolute atomic E-state index is 12.6. The molecule has 0 aliphatic carbocycles. The van der Waals surface area contributed by atoms with Gasteiger partial charge in [0.1, 0.15) is 31.0 Å². The van der Waals surface area contributed by atoms with Gasteiger partial charge in [-0.05, 0) is 62.6 Å². The van der Waals surface area contributed by atoms with E-state index in [0.29, 0.717) is 5.56 Å². The van der Waals surface area contributed by atoms with Crippen molar-refractivity contribution in [3.63, 3.8) is 0 Å². The van der Waals surface area contributed by atoms with Gasteiger partial charge in [-0.25, -0.2) is 14.4 Å². The maximum Gasteiger partial charge on any atom is 0.514 e. The average molecular weight is 598 g/mol. The van der Waals surface area contributed by atoms with Gasteiger partial charge < -0.3 is 38.9 Å². The first-order valence-electron chi connectivity index (χ1n) is 14.3. The third kappa shape index (κ3) is 13.9. The summed E-state index contributed by atoms with van der Waals surface area (Å²) in [6, 6.07) is 3.25. The second kappa shape index (κ2) is 18.1. The van der Waals surface area contributed by atoms with Crippen LogP contribution in [0.2, 0.25) is 0 Å². The van der Waals surface area contributed by atoms with Crippen LogP contribution >= 0.6 is 0 Å². The molecule has 3 unspecified atom stereocenters. The summed E-state index contributed by atoms with van der Waals surface area (Å²) in [7, 11) is 0. The molecule has 0 heterocycles. The first-order chi connectivity index (χ1) is 19.6. The SMILES string of the molecule is CCC(C)COC(=O)OC[C@H](C)OC(=O)[C@@H](N)Cc1ccc(OC(=O)OC(C)C(C)C)c(OC(=O)OC(C)C(C)C)c1. The van der Waals surface area contributed by atoms with Gasteiger partial charge in [0.15, 0.2) is 11.5 Å². The lowest BCUT2D eigenvalue weighted by Crippen LogP contribution is -2.37. The molecule has 2 N–H and O–H groups in total. The summed E-state index contributed by atoms with van der Waals surface area (Å²) in [5, 5.41) is 0. The van der Waals surface area contributed by atoms with E-state index in [9.17, 15) is 19.2 Å². The molecule has 1 aromatic carbocycles. The first-order valence-corrected chi connectivity index (χ1v) is 14.3. The van der Waals surface area contributed by atoms with E-state index in [-0.39, 0.29) is 48.9 Å². The van der Waals surface area contributed by atoms with Crippen LogP contribution in [0.25, 0.3) is 0 Å². The summed E-state index contributed by atoms with van der Waals surface area (Å²) < 4.78 is 36.4. The topological polar surface area (TPSA) is 159 Å². The summed E-state index contributed by atoms with van der Waals surface area (Å²) in [4.78, 5) is 49.0. The predicted molar refractivity (Wildman–Crippen MR) is 153 cm³/mol. The quantitative estimate of drug-likeness (QED) is 0.147. The van der Waals surface area contributed by atoms with Crippen molar-refractivity contribution in [2.45, 2.75) is 99.5 Å². The van der Waals surface area contributed by atoms with Gasteiger partial charge in [-0.2, -0.15) is 0 Å². The van der Waals surface area contributed by atoms with Crippen LogP contribution in [0, 0.1) is 17.8 Å². The molecule has 12 heteroatoms. The van der Waals surface area contributed by atoms with Gasteiger partial charge in [-0.15, -0.1) is 0 Å². The molecule has 5 atom stereocenters. The van der Waals surface area contributed by atoms with Crippen LogP contribution in [0.15, 0.2) is 18.2 Å². The fourth-order valence-corrected chi connectivity index (χ4v) is 2.86. The lowest BCUT2D eigenvalue weighted by Gasteiger charge is -2.19. The fourth-order valence-electron chi connectivity index (χ4n) is 2.86. The van der Waals surface area contributed by atoms with Crippen LogP contribution in [0.5, 0.6) is 11.5 Å². The van der Waals surface area contributed by atoms with Crippen molar-refractivity contribution in [1.82, 2.24) is 0 Å². The molecule has 0 aliphatic heterocycles. The van der Waals surface area contributed by atoms with Crippen LogP contribution in [0.4, 0.5) is 14.4 Å². The molecular weight excluding hydrogens is 550 g/mol. The standard InChI is InChI=1S/C30H47NO11/c1-10-19(6)15-36-28(33)37-16-20(7)38-27(32)24(31)13-23-11-12-25(41-29(34)39-21(8)17(2)3)26(14-23)42-30(35)40-22(9)18(4)5/h11-12,14,17-22,24H,10,13,15-16,31H2,1-9H3/t19?,20-,21?,22?,24-/m0/s1. The molecule has 0 saturated carbocycles. The molecule has 42 heavy (non-hydrogen) atoms. The number of rotatable bonds is 15. The Labute approximate surface area is 248 Å². The second-order valence-corrected chi connectivity index (χ2v) is 11.1. The number of hydrogen-bond acceptors (Lipinski definition) is 12. The van der Waals surface area contributed by atoms with E-state index in [2.05, 4.69) is 0 Å². The van der Waals surface area contributed by atoms with Gasteiger partial charge in [-0.1, -0.05) is 54.0 Å². The molecule has 0 aromatic heterocycles. The maximum atomic E-state index is 12.6. The van der Waals surface area contributed by atoms with Gasteiger partial charge in [0.25, 0.3) is 0 Å². The highest BCUT2D eigenvalue weighted by molar-refractivity contribution is 5.76. The molecule has 0 amide bonds. The van der Waals surface area contributed by atoms with Crippen LogP contribution in [-0.4, -0.2) is 62.0 Å². The number of ether oxygens (including phenoxy) is 7. The number of carbonyl (C=O) groups excluding carboxylic acids is 4. The van der Waals surface area contributed by atoms with Crippen LogP contribution in [0.1, 0.15) is 74.3 Å². The molecule has 1 rings (SSSR count). The smallest absolute Gasteiger partial charge is 0.458 e. The molecule has 0 saturated heterocycles. The monoisotopic (exact) mass is 597 g/mol. The highest BCUT2D eigenvalue weighted by Crippen LogP contribution is 2.30. The van der Waals surface area contributed by atoms with Gasteiger partial charge >= 0.3 is 24.4 Å². The van der Waals surface area contributed by atoms with E-state index >= 15 is 0 Å². The van der Waals surface area contributed by atoms with Crippen molar-refractivity contribution in [3.05, 3.63) is 23.8 Å². The Morgan fingerprint density at radius 3 is 1.76 bits per heavy atom. The Hall–Kier alpha value is -3.54. The molecule has 1 aromatic rings. The zero-order valence-corrected chi connectivity index (χ0v) is 26.2. The third-order valence-electron chi connectivity index (χ3n) is 6.53. The minimum Gasteiger partial charge on any atom is -0.458 e. The number of benzene rings is 1. The minimum atomic E-state index is -1.10. The van der Waals surface area contributed by atoms with E-state index in [1.165, 1.54) is 12.1 Å². The van der Waals surface area contributed by atoms with E-state index in [1.54, 1.807) is 26.8 Å². The van der Waals surface area contributed by atoms with Crippen molar-refractivity contribution in [2.24, 2.45) is 23.5 Å². The van der Waals surface area contributed by atoms with Crippen LogP contribution in [0.3, 0.4) is 0 Å². The van der Waals surface area contributed by atoms with Crippen molar-refractivity contribution < 1.29 is 52.3 Å². The number of carbonyl (C=O) groups is 4. The highest BCUT2D eigenvalue weighted by atomic mass is 16.8. The Morgan fingerprint density at radius 2 is 1.24 bits per heavy atom. The highest BCUT2D eigenvalue weighted by Gasteiger charge is 2.24. The van der Waals surface area contributed by atoms with Crippen molar-refractivity contribution >= 4 is 24.4 Å². The number of hydrogen-bond donors (Lipinski definition) is 1. The molecule has 0 radical (unpaired) electrons. The molecule has 0 spiro atoms. The van der Waals surface area contributed by atoms with Crippen molar-refractivity contribution in [2.75, 3.05) is 13.2 Å². The first kappa shape index (κ1) is 36.5. The van der Waals surface area contributed by atoms with E-state index in [1.807, 2.05) is 41.5 Å². The largest absolute Gasteiger partial charge is 0.514 e.